The molecule has 0 radical (unpaired) electrons. The highest BCUT2D eigenvalue weighted by atomic mass is 16.5. The maximum absolute atomic E-state index is 12.0. The molecule has 0 unspecified atom stereocenters. The molecule has 2 aromatic rings. The summed E-state index contributed by atoms with van der Waals surface area (Å²) >= 11 is 0. The lowest BCUT2D eigenvalue weighted by atomic mass is 10.3. The van der Waals surface area contributed by atoms with Crippen LogP contribution in [0.15, 0.2) is 21.2 Å². The Kier molecular flexibility index (Phi) is 3.64. The van der Waals surface area contributed by atoms with E-state index in [0.717, 1.165) is 17.1 Å². The van der Waals surface area contributed by atoms with Crippen LogP contribution in [0.3, 0.4) is 0 Å². The van der Waals surface area contributed by atoms with Gasteiger partial charge in [0.15, 0.2) is 5.76 Å². The van der Waals surface area contributed by atoms with Gasteiger partial charge >= 0.3 is 6.03 Å². The van der Waals surface area contributed by atoms with E-state index in [1.54, 1.807) is 18.0 Å². The van der Waals surface area contributed by atoms with Crippen molar-refractivity contribution in [2.45, 2.75) is 38.8 Å². The van der Waals surface area contributed by atoms with Crippen LogP contribution in [0.2, 0.25) is 0 Å². The van der Waals surface area contributed by atoms with E-state index in [4.69, 9.17) is 9.05 Å². The molecule has 1 aliphatic rings. The fraction of sp³-hybridized carbons (Fsp3) is 0.500. The van der Waals surface area contributed by atoms with Gasteiger partial charge in [0.05, 0.1) is 18.8 Å². The standard InChI is InChI=1S/C14H18N4O3/c1-9-5-12(20-16-9)7-15-14(19)18(2)8-11-6-13(21-17-11)10-3-4-10/h5-6,10H,3-4,7-8H2,1-2H3,(H,15,19). The van der Waals surface area contributed by atoms with E-state index in [1.165, 1.54) is 12.8 Å². The highest BCUT2D eigenvalue weighted by molar-refractivity contribution is 5.73. The second-order valence-corrected chi connectivity index (χ2v) is 5.44. The Morgan fingerprint density at radius 2 is 2.19 bits per heavy atom. The first-order chi connectivity index (χ1) is 10.1. The van der Waals surface area contributed by atoms with Crippen molar-refractivity contribution in [1.29, 1.82) is 0 Å². The third-order valence-corrected chi connectivity index (χ3v) is 3.39. The predicted octanol–water partition coefficient (Wildman–Crippen LogP) is 2.19. The molecule has 0 aliphatic heterocycles. The summed E-state index contributed by atoms with van der Waals surface area (Å²) in [6.45, 7) is 2.57. The van der Waals surface area contributed by atoms with Gasteiger partial charge in [0.1, 0.15) is 11.5 Å². The molecule has 7 heteroatoms. The Bertz CT molecular complexity index is 630. The van der Waals surface area contributed by atoms with E-state index in [2.05, 4.69) is 15.6 Å². The number of carbonyl (C=O) groups excluding carboxylic acids is 1. The third kappa shape index (κ3) is 3.42. The van der Waals surface area contributed by atoms with Gasteiger partial charge in [0, 0.05) is 25.1 Å². The van der Waals surface area contributed by atoms with Crippen LogP contribution in [0.25, 0.3) is 0 Å². The topological polar surface area (TPSA) is 84.4 Å². The molecular weight excluding hydrogens is 272 g/mol. The van der Waals surface area contributed by atoms with Gasteiger partial charge in [-0.3, -0.25) is 0 Å². The van der Waals surface area contributed by atoms with Crippen LogP contribution < -0.4 is 5.32 Å². The second-order valence-electron chi connectivity index (χ2n) is 5.44. The average Bonchev–Trinajstić information content (AvgIpc) is 3.07. The zero-order valence-electron chi connectivity index (χ0n) is 12.1. The van der Waals surface area contributed by atoms with Crippen molar-refractivity contribution < 1.29 is 13.8 Å². The summed E-state index contributed by atoms with van der Waals surface area (Å²) in [5, 5.41) is 10.5. The van der Waals surface area contributed by atoms with Crippen molar-refractivity contribution in [2.75, 3.05) is 7.05 Å². The van der Waals surface area contributed by atoms with Crippen LogP contribution in [-0.4, -0.2) is 28.3 Å². The normalized spacial score (nSPS) is 14.2. The summed E-state index contributed by atoms with van der Waals surface area (Å²) in [4.78, 5) is 13.5. The number of carbonyl (C=O) groups is 1. The molecule has 7 nitrogen and oxygen atoms in total. The predicted molar refractivity (Wildman–Crippen MR) is 73.4 cm³/mol. The van der Waals surface area contributed by atoms with E-state index in [9.17, 15) is 4.79 Å². The minimum Gasteiger partial charge on any atom is -0.361 e. The monoisotopic (exact) mass is 290 g/mol. The van der Waals surface area contributed by atoms with Crippen LogP contribution >= 0.6 is 0 Å². The van der Waals surface area contributed by atoms with Gasteiger partial charge in [-0.25, -0.2) is 4.79 Å². The summed E-state index contributed by atoms with van der Waals surface area (Å²) in [6, 6.07) is 3.53. The van der Waals surface area contributed by atoms with Crippen LogP contribution in [0.4, 0.5) is 4.79 Å². The van der Waals surface area contributed by atoms with Gasteiger partial charge < -0.3 is 19.3 Å². The summed E-state index contributed by atoms with van der Waals surface area (Å²) in [7, 11) is 1.71. The van der Waals surface area contributed by atoms with Crippen molar-refractivity contribution >= 4 is 6.03 Å². The molecule has 1 fully saturated rings. The fourth-order valence-electron chi connectivity index (χ4n) is 2.08. The van der Waals surface area contributed by atoms with Crippen molar-refractivity contribution in [2.24, 2.45) is 0 Å². The van der Waals surface area contributed by atoms with Crippen molar-refractivity contribution in [3.8, 4) is 0 Å². The maximum Gasteiger partial charge on any atom is 0.317 e. The second kappa shape index (κ2) is 5.59. The number of hydrogen-bond acceptors (Lipinski definition) is 5. The van der Waals surface area contributed by atoms with Crippen LogP contribution in [-0.2, 0) is 13.1 Å². The van der Waals surface area contributed by atoms with E-state index in [1.807, 2.05) is 13.0 Å². The maximum atomic E-state index is 12.0. The zero-order valence-corrected chi connectivity index (χ0v) is 12.1. The lowest BCUT2D eigenvalue weighted by Gasteiger charge is -2.15. The number of aryl methyl sites for hydroxylation is 1. The summed E-state index contributed by atoms with van der Waals surface area (Å²) < 4.78 is 10.3. The summed E-state index contributed by atoms with van der Waals surface area (Å²) in [6.07, 6.45) is 2.34. The molecule has 0 bridgehead atoms. The van der Waals surface area contributed by atoms with Gasteiger partial charge in [-0.15, -0.1) is 0 Å². The Hall–Kier alpha value is -2.31. The molecule has 0 atom stereocenters. The Balaban J connectivity index is 1.49. The Labute approximate surface area is 122 Å². The van der Waals surface area contributed by atoms with Crippen LogP contribution in [0.1, 0.15) is 41.7 Å². The quantitative estimate of drug-likeness (QED) is 0.912. The molecule has 2 aromatic heterocycles. The van der Waals surface area contributed by atoms with E-state index >= 15 is 0 Å². The molecule has 2 heterocycles. The van der Waals surface area contributed by atoms with E-state index < -0.39 is 0 Å². The highest BCUT2D eigenvalue weighted by Crippen LogP contribution is 2.40. The molecular formula is C14H18N4O3. The molecule has 21 heavy (non-hydrogen) atoms. The van der Waals surface area contributed by atoms with Gasteiger partial charge in [-0.2, -0.15) is 0 Å². The van der Waals surface area contributed by atoms with Crippen molar-refractivity contribution in [3.63, 3.8) is 0 Å². The molecule has 0 aromatic carbocycles. The lowest BCUT2D eigenvalue weighted by Crippen LogP contribution is -2.36. The molecule has 3 rings (SSSR count). The molecule has 0 saturated heterocycles. The first-order valence-corrected chi connectivity index (χ1v) is 6.98. The highest BCUT2D eigenvalue weighted by Gasteiger charge is 2.28. The first kappa shape index (κ1) is 13.7. The summed E-state index contributed by atoms with van der Waals surface area (Å²) in [5.41, 5.74) is 1.56. The largest absolute Gasteiger partial charge is 0.361 e. The van der Waals surface area contributed by atoms with E-state index in [0.29, 0.717) is 24.8 Å². The lowest BCUT2D eigenvalue weighted by molar-refractivity contribution is 0.203. The Morgan fingerprint density at radius 3 is 2.86 bits per heavy atom. The van der Waals surface area contributed by atoms with Crippen LogP contribution in [0, 0.1) is 6.92 Å². The third-order valence-electron chi connectivity index (χ3n) is 3.39. The molecule has 1 saturated carbocycles. The number of aromatic nitrogens is 2. The van der Waals surface area contributed by atoms with Gasteiger partial charge in [0.25, 0.3) is 0 Å². The number of nitrogens with zero attached hydrogens (tertiary/aromatic N) is 3. The molecule has 1 aliphatic carbocycles. The van der Waals surface area contributed by atoms with Gasteiger partial charge in [-0.1, -0.05) is 10.3 Å². The molecule has 112 valence electrons. The van der Waals surface area contributed by atoms with Crippen molar-refractivity contribution in [1.82, 2.24) is 20.5 Å². The van der Waals surface area contributed by atoms with Gasteiger partial charge in [0.2, 0.25) is 0 Å². The first-order valence-electron chi connectivity index (χ1n) is 6.98. The molecule has 0 spiro atoms. The number of rotatable bonds is 5. The Morgan fingerprint density at radius 1 is 1.38 bits per heavy atom. The summed E-state index contributed by atoms with van der Waals surface area (Å²) in [5.74, 6) is 2.09. The van der Waals surface area contributed by atoms with Crippen molar-refractivity contribution in [3.05, 3.63) is 35.0 Å². The number of amides is 2. The SMILES string of the molecule is Cc1cc(CNC(=O)N(C)Cc2cc(C3CC3)on2)on1. The number of hydrogen-bond donors (Lipinski definition) is 1. The zero-order chi connectivity index (χ0) is 14.8. The van der Waals surface area contributed by atoms with Crippen LogP contribution in [0.5, 0.6) is 0 Å². The number of nitrogens with one attached hydrogen (secondary N) is 1. The minimum absolute atomic E-state index is 0.194. The van der Waals surface area contributed by atoms with E-state index in [-0.39, 0.29) is 6.03 Å². The molecule has 1 N–H and O–H groups in total. The average molecular weight is 290 g/mol. The van der Waals surface area contributed by atoms with Gasteiger partial charge in [-0.05, 0) is 19.8 Å². The number of urea groups is 1. The minimum atomic E-state index is -0.194. The fourth-order valence-corrected chi connectivity index (χ4v) is 2.08. The smallest absolute Gasteiger partial charge is 0.317 e. The molecule has 2 amide bonds.